The smallest absolute Gasteiger partial charge is 0.158 e. The molecule has 0 saturated carbocycles. The third-order valence-electron chi connectivity index (χ3n) is 1.86. The Morgan fingerprint density at radius 1 is 1.33 bits per heavy atom. The van der Waals surface area contributed by atoms with Gasteiger partial charge in [-0.2, -0.15) is 0 Å². The van der Waals surface area contributed by atoms with Crippen LogP contribution in [0.15, 0.2) is 6.07 Å². The van der Waals surface area contributed by atoms with E-state index in [9.17, 15) is 0 Å². The summed E-state index contributed by atoms with van der Waals surface area (Å²) >= 11 is 0. The quantitative estimate of drug-likeness (QED) is 0.745. The van der Waals surface area contributed by atoms with Gasteiger partial charge in [0.1, 0.15) is 18.2 Å². The predicted molar refractivity (Wildman–Crippen MR) is 61.1 cm³/mol. The number of nitrogens with zero attached hydrogens (tertiary/aromatic N) is 2. The van der Waals surface area contributed by atoms with Crippen LogP contribution < -0.4 is 10.6 Å². The van der Waals surface area contributed by atoms with Crippen molar-refractivity contribution in [2.24, 2.45) is 0 Å². The van der Waals surface area contributed by atoms with Gasteiger partial charge in [-0.3, -0.25) is 0 Å². The molecule has 0 unspecified atom stereocenters. The van der Waals surface area contributed by atoms with Crippen LogP contribution in [0.4, 0.5) is 11.6 Å². The Hall–Kier alpha value is -1.36. The van der Waals surface area contributed by atoms with Crippen molar-refractivity contribution in [1.29, 1.82) is 0 Å². The summed E-state index contributed by atoms with van der Waals surface area (Å²) in [5, 5.41) is 6.22. The average Bonchev–Trinajstić information content (AvgIpc) is 2.26. The second-order valence-corrected chi connectivity index (χ2v) is 3.16. The summed E-state index contributed by atoms with van der Waals surface area (Å²) in [4.78, 5) is 8.58. The molecule has 0 aliphatic carbocycles. The van der Waals surface area contributed by atoms with Gasteiger partial charge in [-0.15, -0.1) is 0 Å². The Balaban J connectivity index is 2.79. The minimum atomic E-state index is 0.427. The van der Waals surface area contributed by atoms with Crippen LogP contribution in [0.3, 0.4) is 0 Å². The Morgan fingerprint density at radius 3 is 2.67 bits per heavy atom. The van der Waals surface area contributed by atoms with E-state index in [1.54, 1.807) is 7.11 Å². The van der Waals surface area contributed by atoms with Crippen LogP contribution in [0.1, 0.15) is 19.2 Å². The van der Waals surface area contributed by atoms with Crippen molar-refractivity contribution in [1.82, 2.24) is 9.97 Å². The first kappa shape index (κ1) is 11.7. The van der Waals surface area contributed by atoms with E-state index in [1.165, 1.54) is 0 Å². The molecule has 1 aromatic rings. The van der Waals surface area contributed by atoms with Gasteiger partial charge in [0.05, 0.1) is 0 Å². The largest absolute Gasteiger partial charge is 0.377 e. The molecule has 1 aromatic heterocycles. The summed E-state index contributed by atoms with van der Waals surface area (Å²) in [7, 11) is 3.47. The SMILES string of the molecule is CCCNc1cc(NC)nc(COC)n1. The Bertz CT molecular complexity index is 303. The van der Waals surface area contributed by atoms with E-state index in [0.29, 0.717) is 12.4 Å². The Labute approximate surface area is 90.3 Å². The van der Waals surface area contributed by atoms with E-state index >= 15 is 0 Å². The highest BCUT2D eigenvalue weighted by Crippen LogP contribution is 2.11. The summed E-state index contributed by atoms with van der Waals surface area (Å²) in [5.74, 6) is 2.32. The van der Waals surface area contributed by atoms with Crippen molar-refractivity contribution in [3.63, 3.8) is 0 Å². The molecule has 0 aliphatic rings. The number of rotatable bonds is 6. The minimum absolute atomic E-state index is 0.427. The lowest BCUT2D eigenvalue weighted by molar-refractivity contribution is 0.178. The van der Waals surface area contributed by atoms with E-state index in [4.69, 9.17) is 4.74 Å². The van der Waals surface area contributed by atoms with Crippen LogP contribution >= 0.6 is 0 Å². The standard InChI is InChI=1S/C10H18N4O/c1-4-5-12-9-6-8(11-2)13-10(14-9)7-15-3/h6H,4-5,7H2,1-3H3,(H2,11,12,13,14). The van der Waals surface area contributed by atoms with Crippen molar-refractivity contribution in [3.05, 3.63) is 11.9 Å². The first-order valence-electron chi connectivity index (χ1n) is 5.08. The molecule has 0 aliphatic heterocycles. The zero-order valence-corrected chi connectivity index (χ0v) is 9.50. The molecule has 0 spiro atoms. The number of nitrogens with one attached hydrogen (secondary N) is 2. The van der Waals surface area contributed by atoms with Gasteiger partial charge < -0.3 is 15.4 Å². The molecule has 0 bridgehead atoms. The fraction of sp³-hybridized carbons (Fsp3) is 0.600. The number of hydrogen-bond acceptors (Lipinski definition) is 5. The van der Waals surface area contributed by atoms with E-state index < -0.39 is 0 Å². The highest BCUT2D eigenvalue weighted by atomic mass is 16.5. The van der Waals surface area contributed by atoms with E-state index in [0.717, 1.165) is 24.6 Å². The molecule has 5 nitrogen and oxygen atoms in total. The number of hydrogen-bond donors (Lipinski definition) is 2. The van der Waals surface area contributed by atoms with Crippen molar-refractivity contribution in [2.75, 3.05) is 31.3 Å². The first-order valence-corrected chi connectivity index (χ1v) is 5.08. The second-order valence-electron chi connectivity index (χ2n) is 3.16. The van der Waals surface area contributed by atoms with Crippen LogP contribution in [0.2, 0.25) is 0 Å². The minimum Gasteiger partial charge on any atom is -0.377 e. The van der Waals surface area contributed by atoms with Gasteiger partial charge >= 0.3 is 0 Å². The van der Waals surface area contributed by atoms with Crippen LogP contribution in [0.25, 0.3) is 0 Å². The van der Waals surface area contributed by atoms with Crippen LogP contribution in [-0.2, 0) is 11.3 Å². The zero-order chi connectivity index (χ0) is 11.1. The van der Waals surface area contributed by atoms with E-state index in [1.807, 2.05) is 13.1 Å². The molecule has 0 atom stereocenters. The van der Waals surface area contributed by atoms with Crippen LogP contribution in [-0.4, -0.2) is 30.7 Å². The normalized spacial score (nSPS) is 10.1. The first-order chi connectivity index (χ1) is 7.30. The maximum Gasteiger partial charge on any atom is 0.158 e. The molecule has 0 radical (unpaired) electrons. The Morgan fingerprint density at radius 2 is 2.07 bits per heavy atom. The van der Waals surface area contributed by atoms with E-state index in [-0.39, 0.29) is 0 Å². The van der Waals surface area contributed by atoms with Gasteiger partial charge in [-0.1, -0.05) is 6.92 Å². The van der Waals surface area contributed by atoms with Crippen molar-refractivity contribution in [3.8, 4) is 0 Å². The molecule has 15 heavy (non-hydrogen) atoms. The molecule has 0 aromatic carbocycles. The van der Waals surface area contributed by atoms with Gasteiger partial charge in [0.2, 0.25) is 0 Å². The van der Waals surface area contributed by atoms with Gasteiger partial charge in [0, 0.05) is 26.8 Å². The fourth-order valence-corrected chi connectivity index (χ4v) is 1.16. The molecule has 84 valence electrons. The highest BCUT2D eigenvalue weighted by Gasteiger charge is 2.02. The lowest BCUT2D eigenvalue weighted by Gasteiger charge is -2.08. The molecule has 2 N–H and O–H groups in total. The number of ether oxygens (including phenoxy) is 1. The Kier molecular flexibility index (Phi) is 4.83. The molecule has 0 amide bonds. The van der Waals surface area contributed by atoms with Gasteiger partial charge in [0.25, 0.3) is 0 Å². The zero-order valence-electron chi connectivity index (χ0n) is 9.50. The molecule has 1 rings (SSSR count). The molecule has 0 saturated heterocycles. The summed E-state index contributed by atoms with van der Waals surface area (Å²) < 4.78 is 5.01. The predicted octanol–water partition coefficient (Wildman–Crippen LogP) is 1.49. The lowest BCUT2D eigenvalue weighted by atomic mass is 10.4. The van der Waals surface area contributed by atoms with Gasteiger partial charge in [-0.25, -0.2) is 9.97 Å². The van der Waals surface area contributed by atoms with Crippen molar-refractivity contribution >= 4 is 11.6 Å². The van der Waals surface area contributed by atoms with Crippen LogP contribution in [0.5, 0.6) is 0 Å². The topological polar surface area (TPSA) is 59.1 Å². The number of aromatic nitrogens is 2. The van der Waals surface area contributed by atoms with Crippen LogP contribution in [0, 0.1) is 0 Å². The highest BCUT2D eigenvalue weighted by molar-refractivity contribution is 5.47. The van der Waals surface area contributed by atoms with Gasteiger partial charge in [-0.05, 0) is 6.42 Å². The molecule has 1 heterocycles. The second kappa shape index (κ2) is 6.19. The monoisotopic (exact) mass is 210 g/mol. The third kappa shape index (κ3) is 3.71. The summed E-state index contributed by atoms with van der Waals surface area (Å²) in [6.07, 6.45) is 1.07. The summed E-state index contributed by atoms with van der Waals surface area (Å²) in [6.45, 7) is 3.45. The molecule has 5 heteroatoms. The lowest BCUT2D eigenvalue weighted by Crippen LogP contribution is -2.07. The molecular formula is C10H18N4O. The fourth-order valence-electron chi connectivity index (χ4n) is 1.16. The summed E-state index contributed by atoms with van der Waals surface area (Å²) in [6, 6.07) is 1.88. The van der Waals surface area contributed by atoms with E-state index in [2.05, 4.69) is 27.5 Å². The van der Waals surface area contributed by atoms with Gasteiger partial charge in [0.15, 0.2) is 5.82 Å². The average molecular weight is 210 g/mol. The maximum atomic E-state index is 5.01. The molecular weight excluding hydrogens is 192 g/mol. The number of methoxy groups -OCH3 is 1. The third-order valence-corrected chi connectivity index (χ3v) is 1.86. The van der Waals surface area contributed by atoms with Crippen molar-refractivity contribution in [2.45, 2.75) is 20.0 Å². The maximum absolute atomic E-state index is 5.01. The van der Waals surface area contributed by atoms with Crippen molar-refractivity contribution < 1.29 is 4.74 Å². The molecule has 0 fully saturated rings. The summed E-state index contributed by atoms with van der Waals surface area (Å²) in [5.41, 5.74) is 0. The number of anilines is 2.